The molecule has 2 rings (SSSR count). The molecule has 1 radical (unpaired) electrons. The van der Waals surface area contributed by atoms with Gasteiger partial charge in [0.15, 0.2) is 11.2 Å². The Morgan fingerprint density at radius 1 is 1.50 bits per heavy atom. The number of hydrogen-bond donors (Lipinski definition) is 3. The van der Waals surface area contributed by atoms with Crippen molar-refractivity contribution in [3.05, 3.63) is 16.7 Å². The summed E-state index contributed by atoms with van der Waals surface area (Å²) in [5, 5.41) is 0. The molecule has 6 nitrogen and oxygen atoms in total. The van der Waals surface area contributed by atoms with Crippen molar-refractivity contribution < 1.29 is 0 Å². The molecule has 0 aliphatic heterocycles. The Morgan fingerprint density at radius 3 is 3.00 bits per heavy atom. The largest absolute Gasteiger partial charge is 0.369 e. The molecular formula is C5H5N5NaO. The number of fused-ring (bicyclic) bond motifs is 1. The molecule has 0 fully saturated rings. The van der Waals surface area contributed by atoms with Crippen LogP contribution in [0.3, 0.4) is 0 Å². The Kier molecular flexibility index (Phi) is 2.51. The maximum Gasteiger partial charge on any atom is 0.278 e. The molecule has 0 aliphatic carbocycles. The molecule has 0 spiro atoms. The Hall–Kier alpha value is -0.850. The number of aromatic amines is 2. The van der Waals surface area contributed by atoms with Crippen LogP contribution in [-0.2, 0) is 0 Å². The second kappa shape index (κ2) is 3.26. The van der Waals surface area contributed by atoms with E-state index in [4.69, 9.17) is 5.73 Å². The zero-order valence-electron chi connectivity index (χ0n) is 6.46. The number of aromatic nitrogens is 4. The number of hydrogen-bond acceptors (Lipinski definition) is 4. The maximum atomic E-state index is 11.0. The first-order chi connectivity index (χ1) is 5.27. The molecule has 2 heterocycles. The van der Waals surface area contributed by atoms with E-state index in [1.807, 2.05) is 0 Å². The topological polar surface area (TPSA) is 100 Å². The monoisotopic (exact) mass is 174 g/mol. The fourth-order valence-corrected chi connectivity index (χ4v) is 0.860. The number of nitrogens with zero attached hydrogens (tertiary/aromatic N) is 2. The van der Waals surface area contributed by atoms with Gasteiger partial charge in [0.25, 0.3) is 5.56 Å². The molecular weight excluding hydrogens is 169 g/mol. The van der Waals surface area contributed by atoms with E-state index in [-0.39, 0.29) is 41.1 Å². The van der Waals surface area contributed by atoms with Gasteiger partial charge in [-0.15, -0.1) is 0 Å². The minimum atomic E-state index is -0.301. The summed E-state index contributed by atoms with van der Waals surface area (Å²) in [6, 6.07) is 0. The van der Waals surface area contributed by atoms with Crippen molar-refractivity contribution in [2.45, 2.75) is 0 Å². The van der Waals surface area contributed by atoms with Crippen LogP contribution in [0.5, 0.6) is 0 Å². The van der Waals surface area contributed by atoms with E-state index >= 15 is 0 Å². The van der Waals surface area contributed by atoms with E-state index in [9.17, 15) is 4.79 Å². The van der Waals surface area contributed by atoms with Gasteiger partial charge >= 0.3 is 0 Å². The Bertz CT molecular complexity index is 446. The minimum Gasteiger partial charge on any atom is -0.369 e. The first-order valence-electron chi connectivity index (χ1n) is 2.96. The third-order valence-electron chi connectivity index (χ3n) is 1.31. The first-order valence-corrected chi connectivity index (χ1v) is 2.96. The molecule has 57 valence electrons. The predicted molar refractivity (Wildman–Crippen MR) is 44.7 cm³/mol. The average Bonchev–Trinajstić information content (AvgIpc) is 2.34. The smallest absolute Gasteiger partial charge is 0.278 e. The van der Waals surface area contributed by atoms with E-state index in [2.05, 4.69) is 19.9 Å². The van der Waals surface area contributed by atoms with Gasteiger partial charge in [0.05, 0.1) is 6.33 Å². The molecule has 0 saturated carbocycles. The van der Waals surface area contributed by atoms with Gasteiger partial charge in [-0.2, -0.15) is 4.98 Å². The van der Waals surface area contributed by atoms with Gasteiger partial charge in [-0.05, 0) is 0 Å². The van der Waals surface area contributed by atoms with Crippen LogP contribution >= 0.6 is 0 Å². The number of imidazole rings is 1. The van der Waals surface area contributed by atoms with E-state index in [0.717, 1.165) is 0 Å². The van der Waals surface area contributed by atoms with Crippen LogP contribution in [-0.4, -0.2) is 49.5 Å². The van der Waals surface area contributed by atoms with Gasteiger partial charge in [-0.3, -0.25) is 9.78 Å². The van der Waals surface area contributed by atoms with Crippen molar-refractivity contribution in [3.8, 4) is 0 Å². The summed E-state index contributed by atoms with van der Waals surface area (Å²) in [4.78, 5) is 23.5. The summed E-state index contributed by atoms with van der Waals surface area (Å²) in [6.07, 6.45) is 1.40. The SMILES string of the molecule is Nc1nc2nc[nH]c2c(=O)[nH]1.[Na]. The summed E-state index contributed by atoms with van der Waals surface area (Å²) >= 11 is 0. The minimum absolute atomic E-state index is 0. The van der Waals surface area contributed by atoms with E-state index < -0.39 is 0 Å². The van der Waals surface area contributed by atoms with Gasteiger partial charge in [-0.25, -0.2) is 4.98 Å². The maximum absolute atomic E-state index is 11.0. The fraction of sp³-hybridized carbons (Fsp3) is 0. The molecule has 0 bridgehead atoms. The number of nitrogen functional groups attached to an aromatic ring is 1. The zero-order chi connectivity index (χ0) is 7.84. The number of H-pyrrole nitrogens is 2. The standard InChI is InChI=1S/C5H5N5O.Na/c6-5-9-3-2(4(11)10-5)7-1-8-3;/h1H,(H4,6,7,8,9,10,11);. The zero-order valence-corrected chi connectivity index (χ0v) is 8.46. The van der Waals surface area contributed by atoms with Crippen molar-refractivity contribution in [3.63, 3.8) is 0 Å². The molecule has 0 aromatic carbocycles. The summed E-state index contributed by atoms with van der Waals surface area (Å²) < 4.78 is 0. The molecule has 0 aliphatic rings. The Balaban J connectivity index is 0.000000720. The van der Waals surface area contributed by atoms with Crippen molar-refractivity contribution in [2.75, 3.05) is 5.73 Å². The van der Waals surface area contributed by atoms with Gasteiger partial charge in [0.1, 0.15) is 0 Å². The van der Waals surface area contributed by atoms with Gasteiger partial charge in [0, 0.05) is 29.6 Å². The molecule has 4 N–H and O–H groups in total. The third-order valence-corrected chi connectivity index (χ3v) is 1.31. The second-order valence-corrected chi connectivity index (χ2v) is 2.05. The molecule has 0 amide bonds. The van der Waals surface area contributed by atoms with Crippen molar-refractivity contribution in [1.29, 1.82) is 0 Å². The van der Waals surface area contributed by atoms with Gasteiger partial charge < -0.3 is 10.7 Å². The fourth-order valence-electron chi connectivity index (χ4n) is 0.860. The van der Waals surface area contributed by atoms with Crippen LogP contribution in [0.25, 0.3) is 11.2 Å². The number of anilines is 1. The number of nitrogens with one attached hydrogen (secondary N) is 2. The van der Waals surface area contributed by atoms with E-state index in [1.165, 1.54) is 6.33 Å². The van der Waals surface area contributed by atoms with Crippen LogP contribution in [0.1, 0.15) is 0 Å². The number of rotatable bonds is 0. The van der Waals surface area contributed by atoms with Crippen LogP contribution < -0.4 is 11.3 Å². The summed E-state index contributed by atoms with van der Waals surface area (Å²) in [7, 11) is 0. The van der Waals surface area contributed by atoms with Crippen LogP contribution in [0, 0.1) is 0 Å². The van der Waals surface area contributed by atoms with Crippen LogP contribution in [0.4, 0.5) is 5.95 Å². The van der Waals surface area contributed by atoms with Crippen molar-refractivity contribution >= 4 is 46.7 Å². The molecule has 12 heavy (non-hydrogen) atoms. The predicted octanol–water partition coefficient (Wildman–Crippen LogP) is -1.15. The first kappa shape index (κ1) is 9.24. The van der Waals surface area contributed by atoms with Gasteiger partial charge in [0.2, 0.25) is 5.95 Å². The van der Waals surface area contributed by atoms with Gasteiger partial charge in [-0.1, -0.05) is 0 Å². The van der Waals surface area contributed by atoms with E-state index in [1.54, 1.807) is 0 Å². The van der Waals surface area contributed by atoms with Crippen molar-refractivity contribution in [2.24, 2.45) is 0 Å². The summed E-state index contributed by atoms with van der Waals surface area (Å²) in [6.45, 7) is 0. The molecule has 0 saturated heterocycles. The summed E-state index contributed by atoms with van der Waals surface area (Å²) in [5.41, 5.74) is 5.65. The van der Waals surface area contributed by atoms with E-state index in [0.29, 0.717) is 11.2 Å². The van der Waals surface area contributed by atoms with Crippen LogP contribution in [0.2, 0.25) is 0 Å². The second-order valence-electron chi connectivity index (χ2n) is 2.05. The quantitative estimate of drug-likeness (QED) is 0.439. The average molecular weight is 174 g/mol. The molecule has 0 atom stereocenters. The molecule has 2 aromatic rings. The summed E-state index contributed by atoms with van der Waals surface area (Å²) in [5.74, 6) is 0.0783. The van der Waals surface area contributed by atoms with Crippen LogP contribution in [0.15, 0.2) is 11.1 Å². The molecule has 2 aromatic heterocycles. The number of nitrogens with two attached hydrogens (primary N) is 1. The third kappa shape index (κ3) is 1.36. The normalized spacial score (nSPS) is 9.67. The molecule has 7 heteroatoms. The Morgan fingerprint density at radius 2 is 2.25 bits per heavy atom. The molecule has 0 unspecified atom stereocenters. The Labute approximate surface area is 88.9 Å². The van der Waals surface area contributed by atoms with Crippen molar-refractivity contribution in [1.82, 2.24) is 19.9 Å².